The maximum absolute atomic E-state index is 11.4. The molecule has 0 radical (unpaired) electrons. The summed E-state index contributed by atoms with van der Waals surface area (Å²) in [5.74, 6) is 1.17. The molecule has 0 saturated carbocycles. The Morgan fingerprint density at radius 3 is 1.83 bits per heavy atom. The molecule has 0 spiro atoms. The van der Waals surface area contributed by atoms with Crippen molar-refractivity contribution in [1.82, 2.24) is 0 Å². The van der Waals surface area contributed by atoms with Gasteiger partial charge in [-0.3, -0.25) is 0 Å². The summed E-state index contributed by atoms with van der Waals surface area (Å²) in [5, 5.41) is 0. The molecule has 0 amide bonds. The fourth-order valence-electron chi connectivity index (χ4n) is 2.12. The Morgan fingerprint density at radius 2 is 1.33 bits per heavy atom. The second kappa shape index (κ2) is 8.58. The number of rotatable bonds is 6. The quantitative estimate of drug-likeness (QED) is 0.349. The maximum atomic E-state index is 11.4. The van der Waals surface area contributed by atoms with Gasteiger partial charge in [0.1, 0.15) is 11.5 Å². The van der Waals surface area contributed by atoms with E-state index in [2.05, 4.69) is 4.74 Å². The van der Waals surface area contributed by atoms with E-state index >= 15 is 0 Å². The van der Waals surface area contributed by atoms with E-state index in [0.717, 1.165) is 28.2 Å². The molecule has 0 atom stereocenters. The third-order valence-electron chi connectivity index (χ3n) is 3.46. The molecule has 2 aromatic rings. The van der Waals surface area contributed by atoms with Gasteiger partial charge in [-0.25, -0.2) is 4.79 Å². The highest BCUT2D eigenvalue weighted by Crippen LogP contribution is 2.23. The Morgan fingerprint density at radius 1 is 0.792 bits per heavy atom. The highest BCUT2D eigenvalue weighted by atomic mass is 16.5. The van der Waals surface area contributed by atoms with Crippen LogP contribution in [0.2, 0.25) is 0 Å². The summed E-state index contributed by atoms with van der Waals surface area (Å²) in [5.41, 5.74) is 2.84. The SMILES string of the molecule is COC(=O)/C=C/C(=Cc1ccc(OC)cc1)c1ccc(OC)cc1. The maximum Gasteiger partial charge on any atom is 0.330 e. The summed E-state index contributed by atoms with van der Waals surface area (Å²) in [6.07, 6.45) is 5.12. The fraction of sp³-hybridized carbons (Fsp3) is 0.150. The van der Waals surface area contributed by atoms with Gasteiger partial charge >= 0.3 is 5.97 Å². The van der Waals surface area contributed by atoms with Crippen molar-refractivity contribution in [3.8, 4) is 11.5 Å². The van der Waals surface area contributed by atoms with Gasteiger partial charge in [0.2, 0.25) is 0 Å². The molecular formula is C20H20O4. The first-order valence-corrected chi connectivity index (χ1v) is 7.42. The molecule has 0 aliphatic heterocycles. The molecule has 0 N–H and O–H groups in total. The fourth-order valence-corrected chi connectivity index (χ4v) is 2.12. The standard InChI is InChI=1S/C20H20O4/c1-22-18-9-4-15(5-10-18)14-17(8-13-20(21)24-3)16-6-11-19(23-2)12-7-16/h4-14H,1-3H3/b13-8+,17-14?. The average molecular weight is 324 g/mol. The van der Waals surface area contributed by atoms with E-state index in [4.69, 9.17) is 9.47 Å². The molecule has 24 heavy (non-hydrogen) atoms. The van der Waals surface area contributed by atoms with E-state index in [1.54, 1.807) is 20.3 Å². The third-order valence-corrected chi connectivity index (χ3v) is 3.46. The number of hydrogen-bond acceptors (Lipinski definition) is 4. The Kier molecular flexibility index (Phi) is 6.20. The van der Waals surface area contributed by atoms with Gasteiger partial charge in [0, 0.05) is 6.08 Å². The first-order chi connectivity index (χ1) is 11.7. The van der Waals surface area contributed by atoms with Crippen LogP contribution in [0, 0.1) is 0 Å². The molecule has 2 aromatic carbocycles. The number of benzene rings is 2. The van der Waals surface area contributed by atoms with E-state index in [-0.39, 0.29) is 0 Å². The first kappa shape index (κ1) is 17.3. The van der Waals surface area contributed by atoms with Gasteiger partial charge in [-0.05, 0) is 53.1 Å². The molecule has 0 aliphatic rings. The van der Waals surface area contributed by atoms with Crippen LogP contribution in [0.3, 0.4) is 0 Å². The molecule has 0 fully saturated rings. The molecule has 0 aromatic heterocycles. The van der Waals surface area contributed by atoms with E-state index in [0.29, 0.717) is 0 Å². The number of hydrogen-bond donors (Lipinski definition) is 0. The van der Waals surface area contributed by atoms with Gasteiger partial charge in [-0.15, -0.1) is 0 Å². The molecule has 4 heteroatoms. The van der Waals surface area contributed by atoms with Crippen molar-refractivity contribution in [2.24, 2.45) is 0 Å². The Bertz CT molecular complexity index is 725. The molecular weight excluding hydrogens is 304 g/mol. The molecule has 0 saturated heterocycles. The van der Waals surface area contributed by atoms with E-state index < -0.39 is 5.97 Å². The Labute approximate surface area is 142 Å². The normalized spacial score (nSPS) is 11.4. The van der Waals surface area contributed by atoms with E-state index in [9.17, 15) is 4.79 Å². The predicted molar refractivity (Wildman–Crippen MR) is 95.0 cm³/mol. The van der Waals surface area contributed by atoms with Crippen molar-refractivity contribution < 1.29 is 19.0 Å². The van der Waals surface area contributed by atoms with Crippen molar-refractivity contribution in [2.75, 3.05) is 21.3 Å². The van der Waals surface area contributed by atoms with Crippen molar-refractivity contribution >= 4 is 17.6 Å². The average Bonchev–Trinajstić information content (AvgIpc) is 2.65. The van der Waals surface area contributed by atoms with Crippen molar-refractivity contribution in [3.05, 3.63) is 71.8 Å². The molecule has 0 unspecified atom stereocenters. The highest BCUT2D eigenvalue weighted by molar-refractivity contribution is 5.92. The van der Waals surface area contributed by atoms with Crippen LogP contribution in [0.5, 0.6) is 11.5 Å². The number of carbonyl (C=O) groups is 1. The van der Waals surface area contributed by atoms with Gasteiger partial charge in [0.05, 0.1) is 21.3 Å². The van der Waals surface area contributed by atoms with Gasteiger partial charge in [-0.1, -0.05) is 24.3 Å². The summed E-state index contributed by atoms with van der Waals surface area (Å²) in [7, 11) is 4.61. The third kappa shape index (κ3) is 4.74. The van der Waals surface area contributed by atoms with Gasteiger partial charge in [0.25, 0.3) is 0 Å². The number of carbonyl (C=O) groups excluding carboxylic acids is 1. The lowest BCUT2D eigenvalue weighted by molar-refractivity contribution is -0.134. The van der Waals surface area contributed by atoms with Gasteiger partial charge in [0.15, 0.2) is 0 Å². The molecule has 2 rings (SSSR count). The number of methoxy groups -OCH3 is 3. The second-order valence-electron chi connectivity index (χ2n) is 4.96. The van der Waals surface area contributed by atoms with E-state index in [1.807, 2.05) is 54.6 Å². The summed E-state index contributed by atoms with van der Waals surface area (Å²) in [4.78, 5) is 11.4. The largest absolute Gasteiger partial charge is 0.497 e. The monoisotopic (exact) mass is 324 g/mol. The second-order valence-corrected chi connectivity index (χ2v) is 4.96. The van der Waals surface area contributed by atoms with Gasteiger partial charge < -0.3 is 14.2 Å². The molecule has 0 aliphatic carbocycles. The summed E-state index contributed by atoms with van der Waals surface area (Å²) in [6, 6.07) is 15.3. The number of ether oxygens (including phenoxy) is 3. The molecule has 4 nitrogen and oxygen atoms in total. The van der Waals surface area contributed by atoms with Crippen LogP contribution in [0.25, 0.3) is 11.6 Å². The summed E-state index contributed by atoms with van der Waals surface area (Å²) in [6.45, 7) is 0. The summed E-state index contributed by atoms with van der Waals surface area (Å²) < 4.78 is 15.0. The zero-order valence-corrected chi connectivity index (χ0v) is 14.0. The molecule has 0 bridgehead atoms. The number of esters is 1. The minimum Gasteiger partial charge on any atom is -0.497 e. The molecule has 0 heterocycles. The Balaban J connectivity index is 2.38. The topological polar surface area (TPSA) is 44.8 Å². The minimum absolute atomic E-state index is 0.399. The predicted octanol–water partition coefficient (Wildman–Crippen LogP) is 3.97. The number of allylic oxidation sites excluding steroid dienone is 2. The lowest BCUT2D eigenvalue weighted by Gasteiger charge is -2.06. The van der Waals surface area contributed by atoms with Crippen LogP contribution in [-0.4, -0.2) is 27.3 Å². The van der Waals surface area contributed by atoms with E-state index in [1.165, 1.54) is 13.2 Å². The van der Waals surface area contributed by atoms with Crippen LogP contribution < -0.4 is 9.47 Å². The van der Waals surface area contributed by atoms with Crippen LogP contribution in [0.1, 0.15) is 11.1 Å². The van der Waals surface area contributed by atoms with Crippen LogP contribution in [0.15, 0.2) is 60.7 Å². The van der Waals surface area contributed by atoms with Crippen LogP contribution in [0.4, 0.5) is 0 Å². The zero-order valence-electron chi connectivity index (χ0n) is 14.0. The van der Waals surface area contributed by atoms with Crippen LogP contribution >= 0.6 is 0 Å². The zero-order chi connectivity index (χ0) is 17.4. The first-order valence-electron chi connectivity index (χ1n) is 7.42. The Hall–Kier alpha value is -3.01. The lowest BCUT2D eigenvalue weighted by atomic mass is 10.0. The summed E-state index contributed by atoms with van der Waals surface area (Å²) >= 11 is 0. The van der Waals surface area contributed by atoms with Crippen molar-refractivity contribution in [1.29, 1.82) is 0 Å². The lowest BCUT2D eigenvalue weighted by Crippen LogP contribution is -1.94. The smallest absolute Gasteiger partial charge is 0.330 e. The highest BCUT2D eigenvalue weighted by Gasteiger charge is 2.02. The van der Waals surface area contributed by atoms with Crippen molar-refractivity contribution in [3.63, 3.8) is 0 Å². The minimum atomic E-state index is -0.399. The van der Waals surface area contributed by atoms with Crippen molar-refractivity contribution in [2.45, 2.75) is 0 Å². The molecule has 124 valence electrons. The van der Waals surface area contributed by atoms with Gasteiger partial charge in [-0.2, -0.15) is 0 Å². The van der Waals surface area contributed by atoms with Crippen LogP contribution in [-0.2, 0) is 9.53 Å².